The first kappa shape index (κ1) is 23.7. The van der Waals surface area contributed by atoms with Crippen LogP contribution in [0, 0.1) is 0 Å². The third kappa shape index (κ3) is 5.04. The van der Waals surface area contributed by atoms with Gasteiger partial charge in [-0.25, -0.2) is 22.8 Å². The molecule has 3 aromatic rings. The molecule has 2 aliphatic carbocycles. The number of ether oxygens (including phenoxy) is 2. The van der Waals surface area contributed by atoms with Gasteiger partial charge in [0.1, 0.15) is 11.4 Å². The second-order valence-corrected chi connectivity index (χ2v) is 11.2. The first-order valence-corrected chi connectivity index (χ1v) is 13.9. The van der Waals surface area contributed by atoms with Crippen LogP contribution >= 0.6 is 0 Å². The van der Waals surface area contributed by atoms with E-state index in [9.17, 15) is 13.2 Å². The van der Waals surface area contributed by atoms with Crippen LogP contribution in [0.1, 0.15) is 67.0 Å². The number of carbonyl (C=O) groups excluding carboxylic acids is 1. The van der Waals surface area contributed by atoms with Gasteiger partial charge in [0.2, 0.25) is 10.0 Å². The van der Waals surface area contributed by atoms with Crippen molar-refractivity contribution in [1.29, 1.82) is 0 Å². The fourth-order valence-electron chi connectivity index (χ4n) is 4.82. The molecule has 0 spiro atoms. The molecule has 2 aromatic heterocycles. The number of hydrogen-bond donors (Lipinski definition) is 1. The zero-order valence-electron chi connectivity index (χ0n) is 19.9. The predicted molar refractivity (Wildman–Crippen MR) is 131 cm³/mol. The van der Waals surface area contributed by atoms with Gasteiger partial charge in [-0.3, -0.25) is 4.79 Å². The molecule has 5 rings (SSSR count). The molecule has 2 saturated carbocycles. The number of sulfonamides is 1. The number of hydrogen-bond acceptors (Lipinski definition) is 7. The molecule has 1 amide bonds. The van der Waals surface area contributed by atoms with E-state index >= 15 is 0 Å². The zero-order valence-corrected chi connectivity index (χ0v) is 20.8. The molecule has 2 heterocycles. The van der Waals surface area contributed by atoms with Crippen molar-refractivity contribution < 1.29 is 22.7 Å². The van der Waals surface area contributed by atoms with Crippen molar-refractivity contribution in [3.05, 3.63) is 47.8 Å². The van der Waals surface area contributed by atoms with E-state index in [1.165, 1.54) is 0 Å². The molecule has 0 unspecified atom stereocenters. The average Bonchev–Trinajstić information content (AvgIpc) is 3.17. The van der Waals surface area contributed by atoms with Crippen LogP contribution < -0.4 is 9.46 Å². The lowest BCUT2D eigenvalue weighted by atomic mass is 9.82. The molecular weight excluding hydrogens is 468 g/mol. The summed E-state index contributed by atoms with van der Waals surface area (Å²) in [4.78, 5) is 17.4. The number of para-hydroxylation sites is 1. The van der Waals surface area contributed by atoms with Gasteiger partial charge in [-0.2, -0.15) is 5.10 Å². The van der Waals surface area contributed by atoms with Gasteiger partial charge >= 0.3 is 0 Å². The standard InChI is InChI=1S/C25H30N4O5S/c1-33-18-11-13-19(14-12-18)34-21-15-20(25(30)28-35(2,31)32)26-24-22(21)23(16-7-6-8-16)27-29(24)17-9-4-3-5-10-17/h3-5,9-10,15-16,18-19H,6-8,11-14H2,1-2H3,(H,28,30)/t18-,19+. The molecule has 0 saturated heterocycles. The van der Waals surface area contributed by atoms with Gasteiger partial charge in [-0.15, -0.1) is 0 Å². The quantitative estimate of drug-likeness (QED) is 0.528. The average molecular weight is 499 g/mol. The Kier molecular flexibility index (Phi) is 6.50. The van der Waals surface area contributed by atoms with E-state index in [0.717, 1.165) is 68.0 Å². The first-order valence-electron chi connectivity index (χ1n) is 12.0. The lowest BCUT2D eigenvalue weighted by Crippen LogP contribution is -2.30. The Morgan fingerprint density at radius 3 is 2.34 bits per heavy atom. The predicted octanol–water partition coefficient (Wildman–Crippen LogP) is 3.71. The first-order chi connectivity index (χ1) is 16.8. The lowest BCUT2D eigenvalue weighted by Gasteiger charge is -2.29. The van der Waals surface area contributed by atoms with Crippen molar-refractivity contribution in [2.75, 3.05) is 13.4 Å². The van der Waals surface area contributed by atoms with E-state index < -0.39 is 15.9 Å². The molecule has 9 nitrogen and oxygen atoms in total. The monoisotopic (exact) mass is 498 g/mol. The van der Waals surface area contributed by atoms with Crippen LogP contribution in [0.4, 0.5) is 0 Å². The highest BCUT2D eigenvalue weighted by Gasteiger charge is 2.31. The van der Waals surface area contributed by atoms with Crippen molar-refractivity contribution in [3.8, 4) is 11.4 Å². The van der Waals surface area contributed by atoms with Gasteiger partial charge in [-0.05, 0) is 50.7 Å². The Labute approximate surface area is 204 Å². The number of methoxy groups -OCH3 is 1. The van der Waals surface area contributed by atoms with Crippen molar-refractivity contribution in [2.45, 2.75) is 63.1 Å². The molecule has 1 aromatic carbocycles. The summed E-state index contributed by atoms with van der Waals surface area (Å²) in [6, 6.07) is 11.2. The molecule has 2 fully saturated rings. The number of nitrogens with zero attached hydrogens (tertiary/aromatic N) is 3. The minimum absolute atomic E-state index is 0.0271. The largest absolute Gasteiger partial charge is 0.490 e. The Morgan fingerprint density at radius 1 is 1.06 bits per heavy atom. The van der Waals surface area contributed by atoms with Crippen molar-refractivity contribution in [1.82, 2.24) is 19.5 Å². The normalized spacial score (nSPS) is 21.0. The summed E-state index contributed by atoms with van der Waals surface area (Å²) in [5.41, 5.74) is 2.18. The van der Waals surface area contributed by atoms with Gasteiger partial charge in [0, 0.05) is 19.1 Å². The molecule has 0 radical (unpaired) electrons. The van der Waals surface area contributed by atoms with E-state index in [4.69, 9.17) is 14.6 Å². The topological polar surface area (TPSA) is 112 Å². The van der Waals surface area contributed by atoms with Crippen LogP contribution in [-0.4, -0.2) is 54.7 Å². The van der Waals surface area contributed by atoms with Gasteiger partial charge < -0.3 is 9.47 Å². The van der Waals surface area contributed by atoms with Gasteiger partial charge in [-0.1, -0.05) is 24.6 Å². The van der Waals surface area contributed by atoms with E-state index in [0.29, 0.717) is 17.3 Å². The molecule has 0 bridgehead atoms. The summed E-state index contributed by atoms with van der Waals surface area (Å²) in [5.74, 6) is 0.0264. The summed E-state index contributed by atoms with van der Waals surface area (Å²) < 4.78 is 39.3. The zero-order chi connectivity index (χ0) is 24.6. The van der Waals surface area contributed by atoms with Gasteiger partial charge in [0.05, 0.1) is 35.2 Å². The highest BCUT2D eigenvalue weighted by Crippen LogP contribution is 2.43. The minimum Gasteiger partial charge on any atom is -0.490 e. The molecule has 2 aliphatic rings. The molecule has 0 atom stereocenters. The Balaban J connectivity index is 1.64. The maximum Gasteiger partial charge on any atom is 0.283 e. The molecule has 186 valence electrons. The molecular formula is C25H30N4O5S. The fourth-order valence-corrected chi connectivity index (χ4v) is 5.26. The minimum atomic E-state index is -3.76. The summed E-state index contributed by atoms with van der Waals surface area (Å²) >= 11 is 0. The number of aromatic nitrogens is 3. The second kappa shape index (κ2) is 9.58. The maximum absolute atomic E-state index is 12.8. The van der Waals surface area contributed by atoms with E-state index in [1.807, 2.05) is 35.1 Å². The second-order valence-electron chi connectivity index (χ2n) is 9.42. The third-order valence-electron chi connectivity index (χ3n) is 6.88. The number of pyridine rings is 1. The Bertz CT molecular complexity index is 1330. The summed E-state index contributed by atoms with van der Waals surface area (Å²) in [6.07, 6.45) is 7.82. The molecule has 0 aliphatic heterocycles. The van der Waals surface area contributed by atoms with Crippen LogP contribution in [0.2, 0.25) is 0 Å². The van der Waals surface area contributed by atoms with Crippen molar-refractivity contribution in [2.24, 2.45) is 0 Å². The van der Waals surface area contributed by atoms with Crippen LogP contribution in [0.15, 0.2) is 36.4 Å². The number of fused-ring (bicyclic) bond motifs is 1. The van der Waals surface area contributed by atoms with Crippen LogP contribution in [0.25, 0.3) is 16.7 Å². The molecule has 10 heteroatoms. The summed E-state index contributed by atoms with van der Waals surface area (Å²) in [6.45, 7) is 0. The van der Waals surface area contributed by atoms with E-state index in [1.54, 1.807) is 17.9 Å². The van der Waals surface area contributed by atoms with Crippen LogP contribution in [-0.2, 0) is 14.8 Å². The fraction of sp³-hybridized carbons (Fsp3) is 0.480. The number of benzene rings is 1. The molecule has 1 N–H and O–H groups in total. The van der Waals surface area contributed by atoms with E-state index in [2.05, 4.69) is 4.98 Å². The number of carbonyl (C=O) groups is 1. The molecule has 35 heavy (non-hydrogen) atoms. The van der Waals surface area contributed by atoms with E-state index in [-0.39, 0.29) is 17.9 Å². The summed E-state index contributed by atoms with van der Waals surface area (Å²) in [7, 11) is -2.03. The van der Waals surface area contributed by atoms with Crippen LogP contribution in [0.3, 0.4) is 0 Å². The van der Waals surface area contributed by atoms with Crippen molar-refractivity contribution >= 4 is 27.0 Å². The Morgan fingerprint density at radius 2 is 1.74 bits per heavy atom. The number of amides is 1. The SMILES string of the molecule is CO[C@H]1CC[C@@H](Oc2cc(C(=O)NS(C)(=O)=O)nc3c2c(C2CCC2)nn3-c2ccccc2)CC1. The number of rotatable bonds is 7. The maximum atomic E-state index is 12.8. The third-order valence-corrected chi connectivity index (χ3v) is 7.44. The number of nitrogens with one attached hydrogen (secondary N) is 1. The van der Waals surface area contributed by atoms with Crippen LogP contribution in [0.5, 0.6) is 5.75 Å². The Hall–Kier alpha value is -2.98. The highest BCUT2D eigenvalue weighted by atomic mass is 32.2. The smallest absolute Gasteiger partial charge is 0.283 e. The van der Waals surface area contributed by atoms with Gasteiger partial charge in [0.15, 0.2) is 5.65 Å². The lowest BCUT2D eigenvalue weighted by molar-refractivity contribution is 0.0331. The highest BCUT2D eigenvalue weighted by molar-refractivity contribution is 7.89. The summed E-state index contributed by atoms with van der Waals surface area (Å²) in [5, 5.41) is 5.73. The van der Waals surface area contributed by atoms with Gasteiger partial charge in [0.25, 0.3) is 5.91 Å². The van der Waals surface area contributed by atoms with Crippen molar-refractivity contribution in [3.63, 3.8) is 0 Å².